The third-order valence-electron chi connectivity index (χ3n) is 4.77. The second kappa shape index (κ2) is 9.99. The Bertz CT molecular complexity index is 1270. The quantitative estimate of drug-likeness (QED) is 0.313. The summed E-state index contributed by atoms with van der Waals surface area (Å²) in [5.74, 6) is 1.14. The van der Waals surface area contributed by atoms with Crippen LogP contribution in [0.25, 0.3) is 22.2 Å². The van der Waals surface area contributed by atoms with Crippen molar-refractivity contribution in [1.29, 1.82) is 0 Å². The summed E-state index contributed by atoms with van der Waals surface area (Å²) in [4.78, 5) is 24.8. The number of rotatable bonds is 8. The molecular formula is C23H21Cl2N5O2. The van der Waals surface area contributed by atoms with E-state index in [9.17, 15) is 4.79 Å². The molecule has 0 atom stereocenters. The highest BCUT2D eigenvalue weighted by Gasteiger charge is 2.15. The fraction of sp³-hybridized carbons (Fsp3) is 0.174. The second-order valence-corrected chi connectivity index (χ2v) is 7.75. The van der Waals surface area contributed by atoms with Crippen LogP contribution in [0.2, 0.25) is 10.0 Å². The lowest BCUT2D eigenvalue weighted by molar-refractivity contribution is 0.315. The third-order valence-corrected chi connectivity index (χ3v) is 5.40. The monoisotopic (exact) mass is 469 g/mol. The summed E-state index contributed by atoms with van der Waals surface area (Å²) in [6.07, 6.45) is 3.05. The number of pyridine rings is 1. The lowest BCUT2D eigenvalue weighted by Crippen LogP contribution is -2.20. The summed E-state index contributed by atoms with van der Waals surface area (Å²) < 4.78 is 5.67. The molecule has 0 amide bonds. The number of likely N-dealkylation sites (N-methyl/N-ethyl adjacent to an activating group) is 1. The Morgan fingerprint density at radius 2 is 1.84 bits per heavy atom. The molecule has 164 valence electrons. The number of fused-ring (bicyclic) bond motifs is 1. The fourth-order valence-corrected chi connectivity index (χ4v) is 3.79. The first-order chi connectivity index (χ1) is 15.6. The van der Waals surface area contributed by atoms with Gasteiger partial charge in [0.1, 0.15) is 18.0 Å². The zero-order valence-electron chi connectivity index (χ0n) is 17.3. The Morgan fingerprint density at radius 3 is 2.56 bits per heavy atom. The predicted molar refractivity (Wildman–Crippen MR) is 129 cm³/mol. The Hall–Kier alpha value is -3.13. The van der Waals surface area contributed by atoms with Crippen LogP contribution in [0.1, 0.15) is 6.92 Å². The number of benzene rings is 2. The van der Waals surface area contributed by atoms with Crippen molar-refractivity contribution in [3.63, 3.8) is 0 Å². The van der Waals surface area contributed by atoms with Gasteiger partial charge in [-0.05, 0) is 42.9 Å². The van der Waals surface area contributed by atoms with Crippen LogP contribution >= 0.6 is 23.2 Å². The smallest absolute Gasteiger partial charge is 0.229 e. The minimum atomic E-state index is -0.251. The molecule has 2 aromatic heterocycles. The van der Waals surface area contributed by atoms with Crippen LogP contribution in [0.5, 0.6) is 5.75 Å². The van der Waals surface area contributed by atoms with Gasteiger partial charge in [0.15, 0.2) is 5.43 Å². The van der Waals surface area contributed by atoms with Crippen LogP contribution in [-0.2, 0) is 0 Å². The van der Waals surface area contributed by atoms with E-state index in [2.05, 4.69) is 32.5 Å². The predicted octanol–water partition coefficient (Wildman–Crippen LogP) is 5.02. The van der Waals surface area contributed by atoms with Crippen molar-refractivity contribution in [2.75, 3.05) is 25.0 Å². The molecule has 0 aliphatic rings. The van der Waals surface area contributed by atoms with Crippen LogP contribution in [0.15, 0.2) is 59.7 Å². The number of nitrogens with one attached hydrogen (secondary N) is 3. The number of ether oxygens (including phenoxy) is 1. The van der Waals surface area contributed by atoms with E-state index in [0.29, 0.717) is 44.8 Å². The highest BCUT2D eigenvalue weighted by atomic mass is 35.5. The number of aromatic nitrogens is 3. The van der Waals surface area contributed by atoms with Gasteiger partial charge < -0.3 is 20.4 Å². The molecule has 2 heterocycles. The lowest BCUT2D eigenvalue weighted by Gasteiger charge is -2.10. The first kappa shape index (κ1) is 22.1. The van der Waals surface area contributed by atoms with Crippen molar-refractivity contribution >= 4 is 45.9 Å². The SMILES string of the molecule is CCNCCOc1ccc(Nc2ncc3c(=O)c(-c4c(Cl)cccc4Cl)c[nH]c3n2)cc1. The molecule has 0 aliphatic carbocycles. The van der Waals surface area contributed by atoms with E-state index in [-0.39, 0.29) is 5.43 Å². The zero-order chi connectivity index (χ0) is 22.5. The maximum atomic E-state index is 13.0. The van der Waals surface area contributed by atoms with E-state index in [0.717, 1.165) is 24.5 Å². The number of H-pyrrole nitrogens is 1. The number of nitrogens with zero attached hydrogens (tertiary/aromatic N) is 2. The van der Waals surface area contributed by atoms with E-state index >= 15 is 0 Å². The summed E-state index contributed by atoms with van der Waals surface area (Å²) in [7, 11) is 0. The molecule has 0 saturated carbocycles. The Morgan fingerprint density at radius 1 is 1.09 bits per heavy atom. The zero-order valence-corrected chi connectivity index (χ0v) is 18.8. The molecule has 4 aromatic rings. The van der Waals surface area contributed by atoms with Gasteiger partial charge in [-0.1, -0.05) is 36.2 Å². The topological polar surface area (TPSA) is 91.9 Å². The van der Waals surface area contributed by atoms with Gasteiger partial charge in [0, 0.05) is 35.8 Å². The largest absolute Gasteiger partial charge is 0.492 e. The van der Waals surface area contributed by atoms with Crippen LogP contribution in [0, 0.1) is 0 Å². The van der Waals surface area contributed by atoms with E-state index in [1.807, 2.05) is 24.3 Å². The average molecular weight is 470 g/mol. The lowest BCUT2D eigenvalue weighted by atomic mass is 10.1. The van der Waals surface area contributed by atoms with Crippen molar-refractivity contribution in [3.8, 4) is 16.9 Å². The van der Waals surface area contributed by atoms with E-state index in [4.69, 9.17) is 27.9 Å². The molecule has 7 nitrogen and oxygen atoms in total. The fourth-order valence-electron chi connectivity index (χ4n) is 3.19. The molecule has 0 spiro atoms. The molecule has 2 aromatic carbocycles. The van der Waals surface area contributed by atoms with Gasteiger partial charge in [-0.2, -0.15) is 4.98 Å². The summed E-state index contributed by atoms with van der Waals surface area (Å²) in [5, 5.41) is 7.47. The molecule has 4 rings (SSSR count). The normalized spacial score (nSPS) is 11.0. The number of halogens is 2. The van der Waals surface area contributed by atoms with Crippen molar-refractivity contribution in [3.05, 3.63) is 75.1 Å². The van der Waals surface area contributed by atoms with Crippen LogP contribution in [0.3, 0.4) is 0 Å². The maximum Gasteiger partial charge on any atom is 0.229 e. The van der Waals surface area contributed by atoms with Crippen LogP contribution in [0.4, 0.5) is 11.6 Å². The maximum absolute atomic E-state index is 13.0. The van der Waals surface area contributed by atoms with E-state index in [1.165, 1.54) is 6.20 Å². The Kier molecular flexibility index (Phi) is 6.90. The van der Waals surface area contributed by atoms with E-state index in [1.54, 1.807) is 24.4 Å². The first-order valence-electron chi connectivity index (χ1n) is 10.1. The number of hydrogen-bond donors (Lipinski definition) is 3. The van der Waals surface area contributed by atoms with Gasteiger partial charge in [-0.15, -0.1) is 0 Å². The van der Waals surface area contributed by atoms with Crippen LogP contribution in [-0.4, -0.2) is 34.6 Å². The van der Waals surface area contributed by atoms with Gasteiger partial charge >= 0.3 is 0 Å². The van der Waals surface area contributed by atoms with Gasteiger partial charge in [-0.25, -0.2) is 4.98 Å². The highest BCUT2D eigenvalue weighted by Crippen LogP contribution is 2.33. The van der Waals surface area contributed by atoms with E-state index < -0.39 is 0 Å². The molecule has 3 N–H and O–H groups in total. The molecule has 32 heavy (non-hydrogen) atoms. The molecule has 0 saturated heterocycles. The Balaban J connectivity index is 1.54. The van der Waals surface area contributed by atoms with Gasteiger partial charge in [0.2, 0.25) is 5.95 Å². The summed E-state index contributed by atoms with van der Waals surface area (Å²) in [5.41, 5.74) is 1.79. The number of hydrogen-bond acceptors (Lipinski definition) is 6. The number of anilines is 2. The average Bonchev–Trinajstić information content (AvgIpc) is 2.79. The second-order valence-electron chi connectivity index (χ2n) is 6.94. The molecular weight excluding hydrogens is 449 g/mol. The minimum Gasteiger partial charge on any atom is -0.492 e. The van der Waals surface area contributed by atoms with Crippen molar-refractivity contribution in [2.24, 2.45) is 0 Å². The first-order valence-corrected chi connectivity index (χ1v) is 10.9. The van der Waals surface area contributed by atoms with Crippen LogP contribution < -0.4 is 20.8 Å². The standard InChI is InChI=1S/C23H21Cl2N5O2/c1-2-26-10-11-32-15-8-6-14(7-9-15)29-23-28-13-17-21(31)16(12-27-22(17)30-23)20-18(24)4-3-5-19(20)25/h3-9,12-13,26H,2,10-11H2,1H3,(H2,27,28,29,30,31). The number of aromatic amines is 1. The summed E-state index contributed by atoms with van der Waals surface area (Å²) >= 11 is 12.5. The molecule has 9 heteroatoms. The molecule has 0 aliphatic heterocycles. The van der Waals surface area contributed by atoms with Gasteiger partial charge in [-0.3, -0.25) is 4.79 Å². The molecule has 0 unspecified atom stereocenters. The molecule has 0 radical (unpaired) electrons. The van der Waals surface area contributed by atoms with Gasteiger partial charge in [0.25, 0.3) is 0 Å². The Labute approximate surface area is 194 Å². The molecule has 0 bridgehead atoms. The van der Waals surface area contributed by atoms with Gasteiger partial charge in [0.05, 0.1) is 15.4 Å². The molecule has 0 fully saturated rings. The van der Waals surface area contributed by atoms with Crippen molar-refractivity contribution < 1.29 is 4.74 Å². The third kappa shape index (κ3) is 4.85. The summed E-state index contributed by atoms with van der Waals surface area (Å²) in [6, 6.07) is 12.6. The minimum absolute atomic E-state index is 0.251. The van der Waals surface area contributed by atoms with Crippen molar-refractivity contribution in [2.45, 2.75) is 6.92 Å². The van der Waals surface area contributed by atoms with Crippen molar-refractivity contribution in [1.82, 2.24) is 20.3 Å². The summed E-state index contributed by atoms with van der Waals surface area (Å²) in [6.45, 7) is 4.36. The highest BCUT2D eigenvalue weighted by molar-refractivity contribution is 6.39.